The number of fused-ring (bicyclic) bond motifs is 1. The molecule has 11 heteroatoms. The van der Waals surface area contributed by atoms with E-state index in [9.17, 15) is 9.59 Å². The molecule has 48 heavy (non-hydrogen) atoms. The first kappa shape index (κ1) is 32.6. The maximum Gasteiger partial charge on any atom is 0.410 e. The highest BCUT2D eigenvalue weighted by atomic mass is 19.1. The Balaban J connectivity index is 1.31. The van der Waals surface area contributed by atoms with Crippen molar-refractivity contribution in [2.75, 3.05) is 13.1 Å². The third-order valence-electron chi connectivity index (χ3n) is 8.00. The molecule has 10 nitrogen and oxygen atoms in total. The number of ether oxygens (including phenoxy) is 4. The second kappa shape index (κ2) is 13.8. The van der Waals surface area contributed by atoms with Gasteiger partial charge in [0.15, 0.2) is 11.6 Å². The fourth-order valence-electron chi connectivity index (χ4n) is 5.61. The van der Waals surface area contributed by atoms with Gasteiger partial charge in [0, 0.05) is 39.0 Å². The molecule has 1 fully saturated rings. The number of aromatic nitrogens is 3. The monoisotopic (exact) mass is 654 g/mol. The van der Waals surface area contributed by atoms with Crippen LogP contribution in [0.4, 0.5) is 9.18 Å². The number of benzene rings is 3. The molecule has 0 N–H and O–H groups in total. The van der Waals surface area contributed by atoms with Crippen molar-refractivity contribution in [2.24, 2.45) is 7.05 Å². The van der Waals surface area contributed by atoms with Gasteiger partial charge >= 0.3 is 11.8 Å². The number of hydrogen-bond acceptors (Lipinski definition) is 7. The van der Waals surface area contributed by atoms with Gasteiger partial charge in [0.1, 0.15) is 36.1 Å². The van der Waals surface area contributed by atoms with Crippen LogP contribution in [0, 0.1) is 5.82 Å². The molecule has 0 aliphatic carbocycles. The number of likely N-dealkylation sites (tertiary alicyclic amines) is 1. The fourth-order valence-corrected chi connectivity index (χ4v) is 5.61. The Labute approximate surface area is 278 Å². The van der Waals surface area contributed by atoms with Gasteiger partial charge in [0.05, 0.1) is 5.52 Å². The van der Waals surface area contributed by atoms with E-state index in [0.717, 1.165) is 11.1 Å². The highest BCUT2D eigenvalue weighted by Gasteiger charge is 2.30. The minimum Gasteiger partial charge on any atom is -0.485 e. The molecule has 3 aromatic carbocycles. The first-order valence-corrected chi connectivity index (χ1v) is 16.0. The summed E-state index contributed by atoms with van der Waals surface area (Å²) in [6.07, 6.45) is 0.212. The summed E-state index contributed by atoms with van der Waals surface area (Å²) in [6.45, 7) is 6.78. The quantitative estimate of drug-likeness (QED) is 0.173. The smallest absolute Gasteiger partial charge is 0.410 e. The lowest BCUT2D eigenvalue weighted by molar-refractivity contribution is 0.0124. The van der Waals surface area contributed by atoms with E-state index in [-0.39, 0.29) is 30.4 Å². The van der Waals surface area contributed by atoms with Gasteiger partial charge in [-0.25, -0.2) is 14.0 Å². The van der Waals surface area contributed by atoms with Gasteiger partial charge in [-0.05, 0) is 50.1 Å². The molecule has 1 saturated heterocycles. The average Bonchev–Trinajstić information content (AvgIpc) is 3.33. The number of pyridine rings is 1. The molecule has 2 aromatic heterocycles. The van der Waals surface area contributed by atoms with Gasteiger partial charge in [-0.1, -0.05) is 60.7 Å². The number of nitrogens with zero attached hydrogens (tertiary/aromatic N) is 4. The summed E-state index contributed by atoms with van der Waals surface area (Å²) in [4.78, 5) is 32.7. The van der Waals surface area contributed by atoms with Crippen LogP contribution in [0.2, 0.25) is 0 Å². The van der Waals surface area contributed by atoms with Crippen LogP contribution in [0.5, 0.6) is 17.5 Å². The molecule has 1 aliphatic heterocycles. The highest BCUT2D eigenvalue weighted by Crippen LogP contribution is 2.34. The van der Waals surface area contributed by atoms with Crippen molar-refractivity contribution in [3.8, 4) is 23.2 Å². The van der Waals surface area contributed by atoms with Crippen molar-refractivity contribution in [1.29, 1.82) is 0 Å². The Bertz CT molecular complexity index is 1940. The number of aryl methyl sites for hydroxylation is 1. The molecule has 6 rings (SSSR count). The largest absolute Gasteiger partial charge is 0.485 e. The minimum atomic E-state index is -0.599. The van der Waals surface area contributed by atoms with Crippen molar-refractivity contribution in [2.45, 2.75) is 58.5 Å². The van der Waals surface area contributed by atoms with Crippen LogP contribution in [0.15, 0.2) is 89.7 Å². The Morgan fingerprint density at radius 3 is 2.12 bits per heavy atom. The number of rotatable bonds is 9. The fraction of sp³-hybridized carbons (Fsp3) is 0.324. The van der Waals surface area contributed by atoms with E-state index in [1.165, 1.54) is 15.2 Å². The summed E-state index contributed by atoms with van der Waals surface area (Å²) in [5, 5.41) is 0. The Hall–Kier alpha value is -5.32. The summed E-state index contributed by atoms with van der Waals surface area (Å²) in [7, 11) is 1.58. The molecule has 1 amide bonds. The summed E-state index contributed by atoms with van der Waals surface area (Å²) >= 11 is 0. The van der Waals surface area contributed by atoms with Gasteiger partial charge in [-0.2, -0.15) is 4.98 Å². The predicted octanol–water partition coefficient (Wildman–Crippen LogP) is 6.80. The number of imidazole rings is 1. The van der Waals surface area contributed by atoms with Gasteiger partial charge in [-0.3, -0.25) is 9.13 Å². The van der Waals surface area contributed by atoms with Crippen molar-refractivity contribution in [1.82, 2.24) is 19.0 Å². The van der Waals surface area contributed by atoms with Gasteiger partial charge in [0.2, 0.25) is 11.8 Å². The molecule has 0 unspecified atom stereocenters. The lowest BCUT2D eigenvalue weighted by Crippen LogP contribution is -2.44. The third kappa shape index (κ3) is 7.30. The number of amides is 1. The molecule has 1 aliphatic rings. The molecular weight excluding hydrogens is 615 g/mol. The number of hydrogen-bond donors (Lipinski definition) is 0. The van der Waals surface area contributed by atoms with E-state index in [1.54, 1.807) is 30.1 Å². The van der Waals surface area contributed by atoms with E-state index in [2.05, 4.69) is 4.98 Å². The van der Waals surface area contributed by atoms with E-state index < -0.39 is 17.1 Å². The van der Waals surface area contributed by atoms with Gasteiger partial charge in [0.25, 0.3) is 0 Å². The second-order valence-electron chi connectivity index (χ2n) is 12.7. The number of piperidine rings is 1. The van der Waals surface area contributed by atoms with Crippen LogP contribution in [0.1, 0.15) is 44.7 Å². The van der Waals surface area contributed by atoms with Crippen LogP contribution in [-0.4, -0.2) is 49.9 Å². The van der Waals surface area contributed by atoms with E-state index in [4.69, 9.17) is 18.9 Å². The molecule has 0 radical (unpaired) electrons. The molecule has 0 spiro atoms. The first-order chi connectivity index (χ1) is 23.1. The molecule has 0 bridgehead atoms. The third-order valence-corrected chi connectivity index (χ3v) is 8.00. The minimum absolute atomic E-state index is 0.0240. The Kier molecular flexibility index (Phi) is 9.38. The van der Waals surface area contributed by atoms with Crippen LogP contribution in [0.25, 0.3) is 16.7 Å². The van der Waals surface area contributed by atoms with Crippen LogP contribution < -0.4 is 19.9 Å². The number of halogens is 1. The number of carbonyl (C=O) groups excluding carboxylic acids is 1. The van der Waals surface area contributed by atoms with Crippen molar-refractivity contribution in [3.63, 3.8) is 0 Å². The summed E-state index contributed by atoms with van der Waals surface area (Å²) in [6, 6.07) is 25.6. The zero-order valence-corrected chi connectivity index (χ0v) is 27.5. The van der Waals surface area contributed by atoms with Crippen LogP contribution in [0.3, 0.4) is 0 Å². The van der Waals surface area contributed by atoms with Gasteiger partial charge in [-0.15, -0.1) is 0 Å². The summed E-state index contributed by atoms with van der Waals surface area (Å²) < 4.78 is 42.2. The Morgan fingerprint density at radius 2 is 1.50 bits per heavy atom. The lowest BCUT2D eigenvalue weighted by atomic mass is 10.1. The summed E-state index contributed by atoms with van der Waals surface area (Å²) in [5.74, 6) is -0.107. The highest BCUT2D eigenvalue weighted by molar-refractivity contribution is 5.85. The molecule has 0 saturated carbocycles. The topological polar surface area (TPSA) is 97.0 Å². The SMILES string of the molecule is Cn1c(=O)n(-c2ccc(OCc3ccccc3)nc2OCc2ccccc2)c2ccc(F)c(OC3CCN(C(=O)OC(C)(C)C)CC3)c21. The van der Waals surface area contributed by atoms with E-state index in [1.807, 2.05) is 81.4 Å². The zero-order chi connectivity index (χ0) is 33.8. The normalized spacial score (nSPS) is 13.8. The van der Waals surface area contributed by atoms with Gasteiger partial charge < -0.3 is 23.8 Å². The average molecular weight is 655 g/mol. The van der Waals surface area contributed by atoms with Crippen molar-refractivity contribution < 1.29 is 28.1 Å². The molecule has 3 heterocycles. The van der Waals surface area contributed by atoms with Crippen molar-refractivity contribution in [3.05, 3.63) is 112 Å². The lowest BCUT2D eigenvalue weighted by Gasteiger charge is -2.33. The molecule has 5 aromatic rings. The van der Waals surface area contributed by atoms with E-state index in [0.29, 0.717) is 55.1 Å². The Morgan fingerprint density at radius 1 is 0.875 bits per heavy atom. The number of carbonyl (C=O) groups is 1. The standard InChI is InChI=1S/C37H39FN4O6/c1-37(2,3)48-36(44)41-21-19-27(20-22-41)47-33-28(38)15-16-29-32(33)40(4)35(43)42(29)30-17-18-31(45-23-25-11-7-5-8-12-25)39-34(30)46-24-26-13-9-6-10-14-26/h5-18,27H,19-24H2,1-4H3. The van der Waals surface area contributed by atoms with Crippen LogP contribution >= 0.6 is 0 Å². The van der Waals surface area contributed by atoms with Crippen LogP contribution in [-0.2, 0) is 25.0 Å². The molecule has 0 atom stereocenters. The summed E-state index contributed by atoms with van der Waals surface area (Å²) in [5.41, 5.74) is 1.97. The molecule has 250 valence electrons. The molecular formula is C37H39FN4O6. The predicted molar refractivity (Wildman–Crippen MR) is 179 cm³/mol. The maximum atomic E-state index is 15.5. The maximum absolute atomic E-state index is 15.5. The van der Waals surface area contributed by atoms with E-state index >= 15 is 4.39 Å². The zero-order valence-electron chi connectivity index (χ0n) is 27.5. The van der Waals surface area contributed by atoms with Crippen molar-refractivity contribution >= 4 is 17.1 Å². The first-order valence-electron chi connectivity index (χ1n) is 16.0. The second-order valence-corrected chi connectivity index (χ2v) is 12.7.